The van der Waals surface area contributed by atoms with Gasteiger partial charge in [-0.3, -0.25) is 4.79 Å². The monoisotopic (exact) mass is 428 g/mol. The normalized spacial score (nSPS) is 11.3. The number of thiophene rings is 1. The first-order valence-corrected chi connectivity index (χ1v) is 9.97. The Morgan fingerprint density at radius 1 is 1.03 bits per heavy atom. The van der Waals surface area contributed by atoms with Crippen LogP contribution in [0.3, 0.4) is 0 Å². The summed E-state index contributed by atoms with van der Waals surface area (Å²) in [6.07, 6.45) is -2.44. The lowest BCUT2D eigenvalue weighted by atomic mass is 10.0. The number of fused-ring (bicyclic) bond motifs is 1. The highest BCUT2D eigenvalue weighted by molar-refractivity contribution is 7.21. The Bertz CT molecular complexity index is 1190. The number of hydrogen-bond acceptors (Lipinski definition) is 4. The topological polar surface area (TPSA) is 56.0 Å². The summed E-state index contributed by atoms with van der Waals surface area (Å²) in [6, 6.07) is 16.8. The summed E-state index contributed by atoms with van der Waals surface area (Å²) in [5.74, 6) is -0.164. The number of rotatable bonds is 5. The zero-order chi connectivity index (χ0) is 20.5. The highest BCUT2D eigenvalue weighted by Gasteiger charge is 2.18. The molecule has 3 nitrogen and oxygen atoms in total. The smallest absolute Gasteiger partial charge is 0.263 e. The van der Waals surface area contributed by atoms with Crippen LogP contribution in [0.2, 0.25) is 5.02 Å². The zero-order valence-corrected chi connectivity index (χ0v) is 16.6. The first kappa shape index (κ1) is 19.5. The van der Waals surface area contributed by atoms with E-state index in [1.165, 1.54) is 23.5 Å². The van der Waals surface area contributed by atoms with E-state index < -0.39 is 6.43 Å². The fourth-order valence-corrected chi connectivity index (χ4v) is 4.19. The van der Waals surface area contributed by atoms with Crippen molar-refractivity contribution < 1.29 is 13.6 Å². The Morgan fingerprint density at radius 2 is 1.72 bits per heavy atom. The van der Waals surface area contributed by atoms with Gasteiger partial charge < -0.3 is 5.73 Å². The van der Waals surface area contributed by atoms with Gasteiger partial charge in [-0.2, -0.15) is 0 Å². The molecule has 2 aromatic heterocycles. The van der Waals surface area contributed by atoms with Crippen molar-refractivity contribution in [3.8, 4) is 11.3 Å². The van der Waals surface area contributed by atoms with E-state index in [9.17, 15) is 13.6 Å². The number of Topliss-reactive ketones (excluding diaryl/α,β-unsaturated/α-hetero) is 1. The van der Waals surface area contributed by atoms with Crippen LogP contribution in [0.5, 0.6) is 0 Å². The molecule has 7 heteroatoms. The van der Waals surface area contributed by atoms with Crippen molar-refractivity contribution in [2.24, 2.45) is 0 Å². The van der Waals surface area contributed by atoms with E-state index in [2.05, 4.69) is 4.98 Å². The van der Waals surface area contributed by atoms with Gasteiger partial charge in [0.1, 0.15) is 4.83 Å². The van der Waals surface area contributed by atoms with Crippen molar-refractivity contribution in [2.75, 3.05) is 5.73 Å². The molecule has 0 aliphatic carbocycles. The molecule has 0 atom stereocenters. The Kier molecular flexibility index (Phi) is 5.30. The predicted molar refractivity (Wildman–Crippen MR) is 114 cm³/mol. The molecule has 0 spiro atoms. The molecule has 4 aromatic rings. The first-order valence-electron chi connectivity index (χ1n) is 8.77. The highest BCUT2D eigenvalue weighted by atomic mass is 35.5. The lowest BCUT2D eigenvalue weighted by Crippen LogP contribution is -2.04. The van der Waals surface area contributed by atoms with E-state index in [1.54, 1.807) is 24.3 Å². The van der Waals surface area contributed by atoms with Crippen molar-refractivity contribution >= 4 is 44.6 Å². The molecule has 0 fully saturated rings. The first-order chi connectivity index (χ1) is 13.9. The Labute approximate surface area is 174 Å². The summed E-state index contributed by atoms with van der Waals surface area (Å²) in [6.45, 7) is 0. The maximum atomic E-state index is 12.8. The van der Waals surface area contributed by atoms with Gasteiger partial charge in [-0.1, -0.05) is 48.0 Å². The van der Waals surface area contributed by atoms with Crippen LogP contribution < -0.4 is 5.73 Å². The maximum Gasteiger partial charge on any atom is 0.263 e. The summed E-state index contributed by atoms with van der Waals surface area (Å²) in [4.78, 5) is 18.5. The highest BCUT2D eigenvalue weighted by Crippen LogP contribution is 2.35. The van der Waals surface area contributed by atoms with Gasteiger partial charge in [0.25, 0.3) is 6.43 Å². The number of anilines is 1. The van der Waals surface area contributed by atoms with Gasteiger partial charge >= 0.3 is 0 Å². The second-order valence-corrected chi connectivity index (χ2v) is 7.98. The summed E-state index contributed by atoms with van der Waals surface area (Å²) >= 11 is 7.17. The van der Waals surface area contributed by atoms with Crippen molar-refractivity contribution in [3.63, 3.8) is 0 Å². The number of pyridine rings is 1. The fraction of sp³-hybridized carbons (Fsp3) is 0.0909. The lowest BCUT2D eigenvalue weighted by Gasteiger charge is -2.03. The second kappa shape index (κ2) is 7.89. The van der Waals surface area contributed by atoms with Crippen LogP contribution in [-0.2, 0) is 6.42 Å². The zero-order valence-electron chi connectivity index (χ0n) is 15.0. The molecule has 0 aliphatic rings. The molecule has 4 rings (SSSR count). The van der Waals surface area contributed by atoms with Crippen LogP contribution in [0.1, 0.15) is 27.2 Å². The number of nitrogens with two attached hydrogens (primary N) is 1. The van der Waals surface area contributed by atoms with Crippen LogP contribution in [-0.4, -0.2) is 10.8 Å². The van der Waals surface area contributed by atoms with Crippen molar-refractivity contribution in [1.82, 2.24) is 4.98 Å². The third kappa shape index (κ3) is 3.99. The molecule has 0 amide bonds. The molecule has 29 heavy (non-hydrogen) atoms. The number of carbonyl (C=O) groups excluding carboxylic acids is 1. The molecule has 0 bridgehead atoms. The Morgan fingerprint density at radius 3 is 2.38 bits per heavy atom. The quantitative estimate of drug-likeness (QED) is 0.366. The fourth-order valence-electron chi connectivity index (χ4n) is 3.03. The molecule has 0 unspecified atom stereocenters. The standard InChI is InChI=1S/C22H15ClF2N2OS/c23-15-7-5-13(6-8-15)17-10-9-16-19(26)20(29-22(16)27-17)18(28)11-12-1-3-14(4-2-12)21(24)25/h1-10,21H,11,26H2. The van der Waals surface area contributed by atoms with E-state index in [1.807, 2.05) is 24.3 Å². The second-order valence-electron chi connectivity index (χ2n) is 6.54. The van der Waals surface area contributed by atoms with Crippen LogP contribution in [0, 0.1) is 0 Å². The number of nitrogen functional groups attached to an aromatic ring is 1. The van der Waals surface area contributed by atoms with Gasteiger partial charge in [0.05, 0.1) is 16.3 Å². The van der Waals surface area contributed by atoms with E-state index in [0.717, 1.165) is 16.6 Å². The summed E-state index contributed by atoms with van der Waals surface area (Å²) in [7, 11) is 0. The SMILES string of the molecule is Nc1c(C(=O)Cc2ccc(C(F)F)cc2)sc2nc(-c3ccc(Cl)cc3)ccc12. The summed E-state index contributed by atoms with van der Waals surface area (Å²) in [5, 5.41) is 1.37. The third-order valence-electron chi connectivity index (χ3n) is 4.58. The molecular weight excluding hydrogens is 414 g/mol. The number of halogens is 3. The van der Waals surface area contributed by atoms with Crippen molar-refractivity contribution in [3.05, 3.63) is 81.7 Å². The molecular formula is C22H15ClF2N2OS. The number of ketones is 1. The molecule has 0 radical (unpaired) electrons. The average Bonchev–Trinajstić information content (AvgIpc) is 3.05. The number of hydrogen-bond donors (Lipinski definition) is 1. The number of alkyl halides is 2. The summed E-state index contributed by atoms with van der Waals surface area (Å²) in [5.41, 5.74) is 8.86. The van der Waals surface area contributed by atoms with Gasteiger partial charge in [-0.25, -0.2) is 13.8 Å². The van der Waals surface area contributed by atoms with Gasteiger partial charge in [0.15, 0.2) is 5.78 Å². The van der Waals surface area contributed by atoms with Crippen LogP contribution in [0.25, 0.3) is 21.5 Å². The van der Waals surface area contributed by atoms with Gasteiger partial charge in [-0.05, 0) is 29.8 Å². The van der Waals surface area contributed by atoms with E-state index in [4.69, 9.17) is 17.3 Å². The number of benzene rings is 2. The molecule has 0 aliphatic heterocycles. The average molecular weight is 429 g/mol. The van der Waals surface area contributed by atoms with Crippen LogP contribution in [0.15, 0.2) is 60.7 Å². The largest absolute Gasteiger partial charge is 0.397 e. The minimum atomic E-state index is -2.53. The van der Waals surface area contributed by atoms with Crippen LogP contribution >= 0.6 is 22.9 Å². The maximum absolute atomic E-state index is 12.8. The van der Waals surface area contributed by atoms with Crippen LogP contribution in [0.4, 0.5) is 14.5 Å². The van der Waals surface area contributed by atoms with Crippen molar-refractivity contribution in [1.29, 1.82) is 0 Å². The Hall–Kier alpha value is -2.83. The molecule has 2 aromatic carbocycles. The summed E-state index contributed by atoms with van der Waals surface area (Å²) < 4.78 is 25.4. The lowest BCUT2D eigenvalue weighted by molar-refractivity contribution is 0.0997. The van der Waals surface area contributed by atoms with Crippen molar-refractivity contribution in [2.45, 2.75) is 12.8 Å². The van der Waals surface area contributed by atoms with Gasteiger partial charge in [0, 0.05) is 28.0 Å². The van der Waals surface area contributed by atoms with Gasteiger partial charge in [0.2, 0.25) is 0 Å². The minimum Gasteiger partial charge on any atom is -0.397 e. The molecule has 146 valence electrons. The van der Waals surface area contributed by atoms with E-state index in [0.29, 0.717) is 26.0 Å². The molecule has 0 saturated carbocycles. The van der Waals surface area contributed by atoms with E-state index in [-0.39, 0.29) is 17.8 Å². The predicted octanol–water partition coefficient (Wildman–Crippen LogP) is 6.56. The Balaban J connectivity index is 1.62. The van der Waals surface area contributed by atoms with Gasteiger partial charge in [-0.15, -0.1) is 11.3 Å². The number of aromatic nitrogens is 1. The molecule has 0 saturated heterocycles. The van der Waals surface area contributed by atoms with E-state index >= 15 is 0 Å². The third-order valence-corrected chi connectivity index (χ3v) is 5.99. The molecule has 2 N–H and O–H groups in total. The number of carbonyl (C=O) groups is 1. The number of nitrogens with zero attached hydrogens (tertiary/aromatic N) is 1. The minimum absolute atomic E-state index is 0.0681. The molecule has 2 heterocycles.